The highest BCUT2D eigenvalue weighted by molar-refractivity contribution is 5.91. The predicted octanol–water partition coefficient (Wildman–Crippen LogP) is 3.71. The van der Waals surface area contributed by atoms with Crippen LogP contribution in [0, 0.1) is 5.92 Å². The molecule has 1 aliphatic carbocycles. The number of hydrogen-bond acceptors (Lipinski definition) is 11. The molecule has 0 bridgehead atoms. The van der Waals surface area contributed by atoms with Crippen LogP contribution in [0.5, 0.6) is 11.5 Å². The molecule has 0 spiro atoms. The molecule has 1 fully saturated rings. The Labute approximate surface area is 273 Å². The van der Waals surface area contributed by atoms with Gasteiger partial charge in [-0.25, -0.2) is 4.79 Å². The summed E-state index contributed by atoms with van der Waals surface area (Å²) >= 11 is 0. The SMILES string of the molecule is C/C=C(\C(=O)O[C@@H]1Cc2c(c(CC3=CCNC(N)=C3)c3oc(CO)cc(=O)c3c2O)O[C@@]1(C)CCC1=CNC(N)C=C1)C1CCCC1. The van der Waals surface area contributed by atoms with E-state index in [1.807, 2.05) is 44.4 Å². The number of allylic oxidation sites excluding steroid dienone is 5. The Kier molecular flexibility index (Phi) is 9.20. The van der Waals surface area contributed by atoms with Gasteiger partial charge < -0.3 is 46.2 Å². The number of ether oxygens (including phenoxy) is 2. The van der Waals surface area contributed by atoms with Crippen molar-refractivity contribution in [1.82, 2.24) is 10.6 Å². The van der Waals surface area contributed by atoms with Crippen LogP contribution in [0.1, 0.15) is 69.3 Å². The normalized spacial score (nSPS) is 24.4. The average Bonchev–Trinajstić information content (AvgIpc) is 3.58. The van der Waals surface area contributed by atoms with Crippen LogP contribution >= 0.6 is 0 Å². The van der Waals surface area contributed by atoms with Crippen LogP contribution in [-0.2, 0) is 29.0 Å². The van der Waals surface area contributed by atoms with E-state index in [2.05, 4.69) is 10.6 Å². The third-order valence-corrected chi connectivity index (χ3v) is 9.78. The minimum atomic E-state index is -1.04. The lowest BCUT2D eigenvalue weighted by molar-refractivity contribution is -0.159. The molecule has 1 aromatic heterocycles. The van der Waals surface area contributed by atoms with Crippen molar-refractivity contribution in [1.29, 1.82) is 0 Å². The molecule has 1 unspecified atom stereocenters. The van der Waals surface area contributed by atoms with Gasteiger partial charge in [-0.1, -0.05) is 31.1 Å². The molecule has 8 N–H and O–H groups in total. The molecule has 0 amide bonds. The maximum Gasteiger partial charge on any atom is 0.334 e. The Bertz CT molecular complexity index is 1780. The number of carbonyl (C=O) groups is 1. The van der Waals surface area contributed by atoms with Crippen LogP contribution < -0.4 is 32.3 Å². The molecule has 4 aliphatic rings. The minimum absolute atomic E-state index is 0.0141. The highest BCUT2D eigenvalue weighted by atomic mass is 16.6. The third kappa shape index (κ3) is 6.55. The van der Waals surface area contributed by atoms with Gasteiger partial charge in [-0.3, -0.25) is 4.79 Å². The first-order valence-corrected chi connectivity index (χ1v) is 16.4. The Morgan fingerprint density at radius 3 is 2.72 bits per heavy atom. The van der Waals surface area contributed by atoms with E-state index in [9.17, 15) is 19.8 Å². The van der Waals surface area contributed by atoms with E-state index in [1.165, 1.54) is 6.07 Å². The van der Waals surface area contributed by atoms with Crippen molar-refractivity contribution < 1.29 is 28.9 Å². The smallest absolute Gasteiger partial charge is 0.334 e. The van der Waals surface area contributed by atoms with Crippen LogP contribution in [0.25, 0.3) is 11.0 Å². The van der Waals surface area contributed by atoms with Gasteiger partial charge >= 0.3 is 5.97 Å². The number of aliphatic hydroxyl groups excluding tert-OH is 1. The van der Waals surface area contributed by atoms with E-state index in [0.717, 1.165) is 36.8 Å². The first kappa shape index (κ1) is 32.5. The van der Waals surface area contributed by atoms with Crippen molar-refractivity contribution in [2.75, 3.05) is 6.54 Å². The Morgan fingerprint density at radius 2 is 2.04 bits per heavy atom. The van der Waals surface area contributed by atoms with Gasteiger partial charge in [0.05, 0.1) is 12.0 Å². The summed E-state index contributed by atoms with van der Waals surface area (Å²) in [6.45, 7) is 3.80. The number of rotatable bonds is 9. The van der Waals surface area contributed by atoms with Crippen molar-refractivity contribution in [2.24, 2.45) is 17.4 Å². The Morgan fingerprint density at radius 1 is 1.26 bits per heavy atom. The molecular weight excluding hydrogens is 600 g/mol. The van der Waals surface area contributed by atoms with Crippen LogP contribution in [0.3, 0.4) is 0 Å². The highest BCUT2D eigenvalue weighted by Gasteiger charge is 2.47. The first-order chi connectivity index (χ1) is 22.6. The Balaban J connectivity index is 1.46. The molecule has 1 aromatic carbocycles. The number of benzene rings is 1. The Hall–Kier alpha value is -4.48. The lowest BCUT2D eigenvalue weighted by atomic mass is 9.82. The third-order valence-electron chi connectivity index (χ3n) is 9.78. The topological polar surface area (TPSA) is 182 Å². The summed E-state index contributed by atoms with van der Waals surface area (Å²) in [4.78, 5) is 27.2. The molecule has 6 rings (SSSR count). The average molecular weight is 645 g/mol. The van der Waals surface area contributed by atoms with Gasteiger partial charge in [0.1, 0.15) is 46.5 Å². The molecule has 0 radical (unpaired) electrons. The zero-order chi connectivity index (χ0) is 33.3. The van der Waals surface area contributed by atoms with Crippen LogP contribution in [-0.4, -0.2) is 40.6 Å². The van der Waals surface area contributed by atoms with E-state index in [1.54, 1.807) is 6.08 Å². The van der Waals surface area contributed by atoms with Gasteiger partial charge in [-0.15, -0.1) is 0 Å². The van der Waals surface area contributed by atoms with Crippen molar-refractivity contribution in [3.8, 4) is 11.5 Å². The molecule has 3 atom stereocenters. The number of hydrogen-bond donors (Lipinski definition) is 6. The van der Waals surface area contributed by atoms with Gasteiger partial charge in [0.15, 0.2) is 5.43 Å². The van der Waals surface area contributed by atoms with Crippen molar-refractivity contribution in [2.45, 2.75) is 89.7 Å². The van der Waals surface area contributed by atoms with E-state index < -0.39 is 23.7 Å². The predicted molar refractivity (Wildman–Crippen MR) is 178 cm³/mol. The number of aliphatic hydroxyl groups is 1. The van der Waals surface area contributed by atoms with Crippen LogP contribution in [0.15, 0.2) is 74.4 Å². The van der Waals surface area contributed by atoms with E-state index in [-0.39, 0.29) is 53.4 Å². The zero-order valence-corrected chi connectivity index (χ0v) is 26.9. The van der Waals surface area contributed by atoms with Gasteiger partial charge in [0, 0.05) is 48.4 Å². The molecule has 47 heavy (non-hydrogen) atoms. The molecule has 11 nitrogen and oxygen atoms in total. The second-order valence-electron chi connectivity index (χ2n) is 13.0. The number of aromatic hydroxyl groups is 1. The zero-order valence-electron chi connectivity index (χ0n) is 26.9. The largest absolute Gasteiger partial charge is 0.507 e. The fourth-order valence-electron chi connectivity index (χ4n) is 7.13. The summed E-state index contributed by atoms with van der Waals surface area (Å²) in [5.74, 6) is 0.406. The molecule has 250 valence electrons. The van der Waals surface area contributed by atoms with Gasteiger partial charge in [-0.05, 0) is 68.7 Å². The number of carbonyl (C=O) groups excluding carboxylic acids is 1. The van der Waals surface area contributed by atoms with Crippen LogP contribution in [0.4, 0.5) is 0 Å². The summed E-state index contributed by atoms with van der Waals surface area (Å²) < 4.78 is 19.3. The second-order valence-corrected chi connectivity index (χ2v) is 13.0. The van der Waals surface area contributed by atoms with E-state index in [4.69, 9.17) is 25.4 Å². The number of nitrogens with one attached hydrogen (secondary N) is 2. The minimum Gasteiger partial charge on any atom is -0.507 e. The molecule has 0 saturated heterocycles. The summed E-state index contributed by atoms with van der Waals surface area (Å²) in [5, 5.41) is 27.7. The van der Waals surface area contributed by atoms with Gasteiger partial charge in [0.25, 0.3) is 0 Å². The molecule has 2 aromatic rings. The summed E-state index contributed by atoms with van der Waals surface area (Å²) in [6, 6.07) is 1.18. The summed E-state index contributed by atoms with van der Waals surface area (Å²) in [7, 11) is 0. The van der Waals surface area contributed by atoms with Gasteiger partial charge in [-0.2, -0.15) is 0 Å². The van der Waals surface area contributed by atoms with Gasteiger partial charge in [0.2, 0.25) is 0 Å². The fourth-order valence-corrected chi connectivity index (χ4v) is 7.13. The van der Waals surface area contributed by atoms with Crippen molar-refractivity contribution in [3.63, 3.8) is 0 Å². The summed E-state index contributed by atoms with van der Waals surface area (Å²) in [6.07, 6.45) is 15.8. The van der Waals surface area contributed by atoms with Crippen molar-refractivity contribution in [3.05, 3.63) is 92.3 Å². The lowest BCUT2D eigenvalue weighted by Gasteiger charge is -2.43. The highest BCUT2D eigenvalue weighted by Crippen LogP contribution is 2.48. The molecule has 1 saturated carbocycles. The standard InChI is InChI=1S/C36H44N4O7/c1-3-24(22-6-4-5-7-22)35(44)46-28-17-25-32(43)31-27(42)16-23(19-41)45-34(31)26(14-21-11-13-39-30(38)15-21)33(25)47-36(28,2)12-10-20-8-9-29(37)40-18-20/h3,8-9,11,15-16,18,22,28-29,39-41,43H,4-7,10,12-14,17,19,37-38H2,1-2H3/b24-3-/t28-,29?,36+/m1/s1. The van der Waals surface area contributed by atoms with E-state index >= 15 is 0 Å². The number of fused-ring (bicyclic) bond motifs is 2. The number of phenolic OH excluding ortho intramolecular Hbond substituents is 1. The monoisotopic (exact) mass is 644 g/mol. The number of dihydropyridines is 2. The number of nitrogens with two attached hydrogens (primary N) is 2. The lowest BCUT2D eigenvalue weighted by Crippen LogP contribution is -2.51. The quantitative estimate of drug-likeness (QED) is 0.173. The maximum absolute atomic E-state index is 13.8. The molecular formula is C36H44N4O7. The summed E-state index contributed by atoms with van der Waals surface area (Å²) in [5.41, 5.74) is 14.1. The van der Waals surface area contributed by atoms with Crippen molar-refractivity contribution >= 4 is 16.9 Å². The first-order valence-electron chi connectivity index (χ1n) is 16.4. The maximum atomic E-state index is 13.8. The van der Waals surface area contributed by atoms with Crippen LogP contribution in [0.2, 0.25) is 0 Å². The fraction of sp³-hybridized carbons (Fsp3) is 0.444. The van der Waals surface area contributed by atoms with E-state index in [0.29, 0.717) is 47.7 Å². The second kappa shape index (κ2) is 13.3. The number of esters is 1. The molecule has 11 heteroatoms. The molecule has 4 heterocycles. The molecule has 3 aliphatic heterocycles. The number of phenols is 1.